The molecule has 0 radical (unpaired) electrons. The maximum atomic E-state index is 5.95. The van der Waals surface area contributed by atoms with Gasteiger partial charge in [-0.2, -0.15) is 0 Å². The lowest BCUT2D eigenvalue weighted by atomic mass is 9.70. The zero-order chi connectivity index (χ0) is 14.8. The van der Waals surface area contributed by atoms with Gasteiger partial charge in [-0.15, -0.1) is 0 Å². The molecular weight excluding hydrogens is 246 g/mol. The van der Waals surface area contributed by atoms with Gasteiger partial charge in [0.25, 0.3) is 0 Å². The van der Waals surface area contributed by atoms with Crippen LogP contribution in [0.25, 0.3) is 0 Å². The first kappa shape index (κ1) is 15.5. The fourth-order valence-electron chi connectivity index (χ4n) is 3.58. The number of hydrazine groups is 1. The van der Waals surface area contributed by atoms with Crippen LogP contribution in [0.5, 0.6) is 0 Å². The molecule has 0 saturated heterocycles. The SMILES string of the molecule is Cc1ccc(C(NN)C2(N(C)C)CCC(C)CC2)cc1. The third-order valence-corrected chi connectivity index (χ3v) is 5.15. The van der Waals surface area contributed by atoms with Crippen LogP contribution in [0, 0.1) is 12.8 Å². The number of benzene rings is 1. The normalized spacial score (nSPS) is 28.6. The monoisotopic (exact) mass is 275 g/mol. The molecule has 20 heavy (non-hydrogen) atoms. The molecule has 3 N–H and O–H groups in total. The molecule has 1 aliphatic rings. The van der Waals surface area contributed by atoms with Crippen molar-refractivity contribution in [2.45, 2.75) is 51.1 Å². The van der Waals surface area contributed by atoms with Crippen molar-refractivity contribution >= 4 is 0 Å². The van der Waals surface area contributed by atoms with Gasteiger partial charge in [0.1, 0.15) is 0 Å². The second-order valence-corrected chi connectivity index (χ2v) is 6.69. The van der Waals surface area contributed by atoms with Crippen LogP contribution in [-0.2, 0) is 0 Å². The van der Waals surface area contributed by atoms with Crippen LogP contribution in [0.2, 0.25) is 0 Å². The topological polar surface area (TPSA) is 41.3 Å². The Balaban J connectivity index is 2.33. The van der Waals surface area contributed by atoms with Crippen LogP contribution >= 0.6 is 0 Å². The standard InChI is InChI=1S/C17H29N3/c1-13-5-7-15(8-6-13)16(19-18)17(20(3)4)11-9-14(2)10-12-17/h5-8,14,16,19H,9-12,18H2,1-4H3. The van der Waals surface area contributed by atoms with Crippen molar-refractivity contribution in [3.05, 3.63) is 35.4 Å². The third kappa shape index (κ3) is 2.90. The van der Waals surface area contributed by atoms with Gasteiger partial charge >= 0.3 is 0 Å². The highest BCUT2D eigenvalue weighted by atomic mass is 15.3. The van der Waals surface area contributed by atoms with E-state index in [4.69, 9.17) is 5.84 Å². The third-order valence-electron chi connectivity index (χ3n) is 5.15. The maximum Gasteiger partial charge on any atom is 0.0643 e. The van der Waals surface area contributed by atoms with Crippen molar-refractivity contribution in [1.82, 2.24) is 10.3 Å². The molecule has 0 bridgehead atoms. The van der Waals surface area contributed by atoms with Crippen molar-refractivity contribution in [3.8, 4) is 0 Å². The summed E-state index contributed by atoms with van der Waals surface area (Å²) in [5.41, 5.74) is 5.81. The van der Waals surface area contributed by atoms with E-state index in [0.29, 0.717) is 0 Å². The van der Waals surface area contributed by atoms with E-state index in [1.165, 1.54) is 36.8 Å². The molecule has 1 atom stereocenters. The molecule has 0 aromatic heterocycles. The molecule has 3 nitrogen and oxygen atoms in total. The van der Waals surface area contributed by atoms with Crippen LogP contribution < -0.4 is 11.3 Å². The first-order chi connectivity index (χ1) is 9.49. The summed E-state index contributed by atoms with van der Waals surface area (Å²) in [6.07, 6.45) is 4.96. The minimum atomic E-state index is 0.122. The van der Waals surface area contributed by atoms with Gasteiger partial charge in [0.05, 0.1) is 6.04 Å². The van der Waals surface area contributed by atoms with E-state index >= 15 is 0 Å². The van der Waals surface area contributed by atoms with Crippen molar-refractivity contribution in [3.63, 3.8) is 0 Å². The fraction of sp³-hybridized carbons (Fsp3) is 0.647. The highest BCUT2D eigenvalue weighted by Crippen LogP contribution is 2.43. The minimum Gasteiger partial charge on any atom is -0.302 e. The Labute approximate surface area is 123 Å². The Morgan fingerprint density at radius 3 is 2.20 bits per heavy atom. The van der Waals surface area contributed by atoms with E-state index in [2.05, 4.69) is 62.5 Å². The van der Waals surface area contributed by atoms with E-state index in [1.807, 2.05) is 0 Å². The van der Waals surface area contributed by atoms with Crippen LogP contribution in [0.3, 0.4) is 0 Å². The zero-order valence-electron chi connectivity index (χ0n) is 13.3. The van der Waals surface area contributed by atoms with Crippen LogP contribution in [0.1, 0.15) is 49.8 Å². The summed E-state index contributed by atoms with van der Waals surface area (Å²) < 4.78 is 0. The lowest BCUT2D eigenvalue weighted by molar-refractivity contribution is 0.0428. The molecule has 2 rings (SSSR count). The number of nitrogens with zero attached hydrogens (tertiary/aromatic N) is 1. The molecule has 1 saturated carbocycles. The van der Waals surface area contributed by atoms with Crippen LogP contribution in [0.4, 0.5) is 0 Å². The van der Waals surface area contributed by atoms with Gasteiger partial charge in [-0.25, -0.2) is 0 Å². The van der Waals surface area contributed by atoms with Gasteiger partial charge in [0.2, 0.25) is 0 Å². The van der Waals surface area contributed by atoms with E-state index in [0.717, 1.165) is 5.92 Å². The molecule has 3 heteroatoms. The van der Waals surface area contributed by atoms with Crippen molar-refractivity contribution in [2.24, 2.45) is 11.8 Å². The molecule has 0 heterocycles. The maximum absolute atomic E-state index is 5.95. The zero-order valence-corrected chi connectivity index (χ0v) is 13.3. The molecule has 1 aromatic rings. The van der Waals surface area contributed by atoms with Gasteiger partial charge < -0.3 is 4.90 Å². The summed E-state index contributed by atoms with van der Waals surface area (Å²) >= 11 is 0. The number of nitrogens with one attached hydrogen (secondary N) is 1. The highest BCUT2D eigenvalue weighted by Gasteiger charge is 2.43. The Morgan fingerprint density at radius 2 is 1.75 bits per heavy atom. The number of nitrogens with two attached hydrogens (primary N) is 1. The first-order valence-corrected chi connectivity index (χ1v) is 7.70. The van der Waals surface area contributed by atoms with Crippen molar-refractivity contribution in [2.75, 3.05) is 14.1 Å². The minimum absolute atomic E-state index is 0.122. The predicted molar refractivity (Wildman–Crippen MR) is 85.3 cm³/mol. The molecule has 1 aliphatic carbocycles. The van der Waals surface area contributed by atoms with Crippen molar-refractivity contribution < 1.29 is 0 Å². The number of likely N-dealkylation sites (N-methyl/N-ethyl adjacent to an activating group) is 1. The van der Waals surface area contributed by atoms with Crippen LogP contribution in [-0.4, -0.2) is 24.5 Å². The summed E-state index contributed by atoms with van der Waals surface area (Å²) in [5.74, 6) is 6.79. The Morgan fingerprint density at radius 1 is 1.20 bits per heavy atom. The summed E-state index contributed by atoms with van der Waals surface area (Å²) in [7, 11) is 4.38. The molecule has 112 valence electrons. The van der Waals surface area contributed by atoms with E-state index in [1.54, 1.807) is 0 Å². The largest absolute Gasteiger partial charge is 0.302 e. The summed E-state index contributed by atoms with van der Waals surface area (Å²) in [6, 6.07) is 8.96. The molecule has 0 spiro atoms. The molecule has 0 aliphatic heterocycles. The molecule has 1 fully saturated rings. The van der Waals surface area contributed by atoms with E-state index < -0.39 is 0 Å². The molecule has 1 aromatic carbocycles. The molecular formula is C17H29N3. The van der Waals surface area contributed by atoms with Gasteiger partial charge in [-0.1, -0.05) is 36.8 Å². The predicted octanol–water partition coefficient (Wildman–Crippen LogP) is 3.01. The first-order valence-electron chi connectivity index (χ1n) is 7.70. The number of aryl methyl sites for hydroxylation is 1. The summed E-state index contributed by atoms with van der Waals surface area (Å²) in [6.45, 7) is 4.48. The lowest BCUT2D eigenvalue weighted by Gasteiger charge is -2.49. The Bertz CT molecular complexity index is 416. The Kier molecular flexibility index (Phi) is 4.84. The van der Waals surface area contributed by atoms with Gasteiger partial charge in [0.15, 0.2) is 0 Å². The van der Waals surface area contributed by atoms with Crippen LogP contribution in [0.15, 0.2) is 24.3 Å². The van der Waals surface area contributed by atoms with Gasteiger partial charge in [-0.3, -0.25) is 11.3 Å². The van der Waals surface area contributed by atoms with E-state index in [-0.39, 0.29) is 11.6 Å². The summed E-state index contributed by atoms with van der Waals surface area (Å²) in [4.78, 5) is 2.38. The second-order valence-electron chi connectivity index (χ2n) is 6.69. The Hall–Kier alpha value is -0.900. The lowest BCUT2D eigenvalue weighted by Crippen LogP contribution is -2.56. The van der Waals surface area contributed by atoms with E-state index in [9.17, 15) is 0 Å². The number of hydrogen-bond donors (Lipinski definition) is 2. The average molecular weight is 275 g/mol. The van der Waals surface area contributed by atoms with Gasteiger partial charge in [-0.05, 0) is 58.2 Å². The average Bonchev–Trinajstić information content (AvgIpc) is 2.43. The fourth-order valence-corrected chi connectivity index (χ4v) is 3.58. The smallest absolute Gasteiger partial charge is 0.0643 e. The van der Waals surface area contributed by atoms with Crippen molar-refractivity contribution in [1.29, 1.82) is 0 Å². The second kappa shape index (κ2) is 6.25. The molecule has 1 unspecified atom stereocenters. The highest BCUT2D eigenvalue weighted by molar-refractivity contribution is 5.27. The van der Waals surface area contributed by atoms with Gasteiger partial charge in [0, 0.05) is 5.54 Å². The number of hydrogen-bond acceptors (Lipinski definition) is 3. The quantitative estimate of drug-likeness (QED) is 0.655. The number of rotatable bonds is 4. The molecule has 0 amide bonds. The summed E-state index contributed by atoms with van der Waals surface area (Å²) in [5, 5.41) is 0.